The normalized spacial score (nSPS) is 22.8. The zero-order chi connectivity index (χ0) is 23.4. The van der Waals surface area contributed by atoms with E-state index in [9.17, 15) is 9.18 Å². The number of thioether (sulfide) groups is 1. The number of benzene rings is 3. The molecule has 6 rings (SSSR count). The van der Waals surface area contributed by atoms with Gasteiger partial charge in [-0.15, -0.1) is 0 Å². The summed E-state index contributed by atoms with van der Waals surface area (Å²) in [6, 6.07) is 21.8. The lowest BCUT2D eigenvalue weighted by Gasteiger charge is -2.36. The highest BCUT2D eigenvalue weighted by molar-refractivity contribution is 8.05. The van der Waals surface area contributed by atoms with E-state index in [2.05, 4.69) is 16.0 Å². The van der Waals surface area contributed by atoms with Crippen molar-refractivity contribution in [1.29, 1.82) is 0 Å². The van der Waals surface area contributed by atoms with E-state index in [4.69, 9.17) is 17.0 Å². The van der Waals surface area contributed by atoms with Crippen LogP contribution in [0.25, 0.3) is 0 Å². The van der Waals surface area contributed by atoms with E-state index in [0.29, 0.717) is 16.5 Å². The van der Waals surface area contributed by atoms with Gasteiger partial charge in [-0.3, -0.25) is 9.69 Å². The molecule has 1 amide bonds. The number of amides is 1. The molecule has 6 nitrogen and oxygen atoms in total. The third-order valence-corrected chi connectivity index (χ3v) is 7.94. The van der Waals surface area contributed by atoms with Gasteiger partial charge in [0, 0.05) is 11.3 Å². The van der Waals surface area contributed by atoms with Crippen LogP contribution in [0.3, 0.4) is 0 Å². The molecule has 0 saturated carbocycles. The van der Waals surface area contributed by atoms with E-state index < -0.39 is 10.7 Å². The standard InChI is InChI=1S/C25H19FN4O2S2/c1-32-16-12-10-14(11-13-16)19-21-22(29-24(33)28-19)30(15-6-3-2-4-7-15)25(34-21)17-8-5-9-18(26)20(17)27-23(25)31/h2-13,19H,1H3,(H,27,31)(H2,28,29,33). The molecule has 34 heavy (non-hydrogen) atoms. The first-order chi connectivity index (χ1) is 16.5. The van der Waals surface area contributed by atoms with Crippen molar-refractivity contribution in [2.24, 2.45) is 0 Å². The van der Waals surface area contributed by atoms with Crippen LogP contribution in [-0.4, -0.2) is 18.1 Å². The Morgan fingerprint density at radius 1 is 1.03 bits per heavy atom. The van der Waals surface area contributed by atoms with E-state index in [-0.39, 0.29) is 17.6 Å². The van der Waals surface area contributed by atoms with Crippen molar-refractivity contribution in [3.63, 3.8) is 0 Å². The second-order valence-electron chi connectivity index (χ2n) is 8.05. The van der Waals surface area contributed by atoms with Crippen molar-refractivity contribution >= 4 is 46.4 Å². The summed E-state index contributed by atoms with van der Waals surface area (Å²) >= 11 is 6.96. The van der Waals surface area contributed by atoms with Crippen molar-refractivity contribution in [3.8, 4) is 5.75 Å². The number of nitrogens with one attached hydrogen (secondary N) is 3. The fourth-order valence-corrected chi connectivity index (χ4v) is 6.47. The number of fused-ring (bicyclic) bond motifs is 2. The molecule has 3 aromatic carbocycles. The zero-order valence-corrected chi connectivity index (χ0v) is 19.6. The second-order valence-corrected chi connectivity index (χ2v) is 9.69. The van der Waals surface area contributed by atoms with Gasteiger partial charge in [-0.2, -0.15) is 0 Å². The summed E-state index contributed by atoms with van der Waals surface area (Å²) in [5.41, 5.74) is 2.53. The summed E-state index contributed by atoms with van der Waals surface area (Å²) in [6.45, 7) is 0. The molecule has 0 fully saturated rings. The Balaban J connectivity index is 1.57. The number of methoxy groups -OCH3 is 1. The fraction of sp³-hybridized carbons (Fsp3) is 0.120. The summed E-state index contributed by atoms with van der Waals surface area (Å²) in [7, 11) is 1.62. The van der Waals surface area contributed by atoms with Gasteiger partial charge in [0.15, 0.2) is 5.11 Å². The number of carbonyl (C=O) groups is 1. The Morgan fingerprint density at radius 2 is 1.79 bits per heavy atom. The Kier molecular flexibility index (Phi) is 4.79. The number of halogens is 1. The highest BCUT2D eigenvalue weighted by atomic mass is 32.2. The lowest BCUT2D eigenvalue weighted by molar-refractivity contribution is -0.117. The van der Waals surface area contributed by atoms with Crippen molar-refractivity contribution < 1.29 is 13.9 Å². The van der Waals surface area contributed by atoms with Crippen molar-refractivity contribution in [2.75, 3.05) is 17.3 Å². The second kappa shape index (κ2) is 7.75. The summed E-state index contributed by atoms with van der Waals surface area (Å²) in [6.07, 6.45) is 0. The molecule has 2 unspecified atom stereocenters. The maximum Gasteiger partial charge on any atom is 0.266 e. The molecule has 3 aromatic rings. The SMILES string of the molecule is COc1ccc(C2NC(=S)NC3=C2SC2(C(=O)Nc4c(F)cccc42)N3c2ccccc2)cc1. The van der Waals surface area contributed by atoms with Gasteiger partial charge in [-0.1, -0.05) is 54.2 Å². The van der Waals surface area contributed by atoms with Gasteiger partial charge in [-0.25, -0.2) is 4.39 Å². The topological polar surface area (TPSA) is 65.6 Å². The van der Waals surface area contributed by atoms with Crippen LogP contribution < -0.4 is 25.6 Å². The molecular weight excluding hydrogens is 471 g/mol. The lowest BCUT2D eigenvalue weighted by Crippen LogP contribution is -2.51. The fourth-order valence-electron chi connectivity index (χ4n) is 4.67. The van der Waals surface area contributed by atoms with Gasteiger partial charge in [-0.05, 0) is 48.1 Å². The van der Waals surface area contributed by atoms with Crippen LogP contribution in [0.1, 0.15) is 17.2 Å². The van der Waals surface area contributed by atoms with E-state index in [1.54, 1.807) is 19.2 Å². The molecule has 170 valence electrons. The number of anilines is 2. The van der Waals surface area contributed by atoms with Crippen LogP contribution in [0, 0.1) is 5.82 Å². The minimum absolute atomic E-state index is 0.206. The number of rotatable bonds is 3. The van der Waals surface area contributed by atoms with Crippen LogP contribution in [0.5, 0.6) is 5.75 Å². The number of thiocarbonyl (C=S) groups is 1. The Hall–Kier alpha value is -3.56. The Bertz CT molecular complexity index is 1360. The highest BCUT2D eigenvalue weighted by Crippen LogP contribution is 2.61. The van der Waals surface area contributed by atoms with E-state index >= 15 is 0 Å². The molecule has 3 aliphatic rings. The van der Waals surface area contributed by atoms with E-state index in [1.165, 1.54) is 17.8 Å². The third kappa shape index (κ3) is 2.93. The summed E-state index contributed by atoms with van der Waals surface area (Å²) < 4.78 is 20.1. The van der Waals surface area contributed by atoms with Crippen LogP contribution in [-0.2, 0) is 9.67 Å². The number of ether oxygens (including phenoxy) is 1. The van der Waals surface area contributed by atoms with Crippen molar-refractivity contribution in [3.05, 3.63) is 100 Å². The smallest absolute Gasteiger partial charge is 0.266 e. The minimum Gasteiger partial charge on any atom is -0.497 e. The maximum atomic E-state index is 14.8. The van der Waals surface area contributed by atoms with Crippen LogP contribution >= 0.6 is 24.0 Å². The quantitative estimate of drug-likeness (QED) is 0.465. The van der Waals surface area contributed by atoms with Crippen LogP contribution in [0.4, 0.5) is 15.8 Å². The molecule has 0 aliphatic carbocycles. The average Bonchev–Trinajstić information content (AvgIpc) is 3.35. The van der Waals surface area contributed by atoms with Gasteiger partial charge in [0.25, 0.3) is 5.91 Å². The van der Waals surface area contributed by atoms with Crippen molar-refractivity contribution in [2.45, 2.75) is 10.9 Å². The van der Waals surface area contributed by atoms with Gasteiger partial charge >= 0.3 is 0 Å². The van der Waals surface area contributed by atoms with E-state index in [1.807, 2.05) is 59.5 Å². The number of hydrogen-bond acceptors (Lipinski definition) is 5. The Morgan fingerprint density at radius 3 is 2.53 bits per heavy atom. The lowest BCUT2D eigenvalue weighted by atomic mass is 10.0. The Labute approximate surface area is 205 Å². The van der Waals surface area contributed by atoms with E-state index in [0.717, 1.165) is 21.9 Å². The predicted octanol–water partition coefficient (Wildman–Crippen LogP) is 4.58. The van der Waals surface area contributed by atoms with Crippen molar-refractivity contribution in [1.82, 2.24) is 10.6 Å². The zero-order valence-electron chi connectivity index (χ0n) is 18.0. The molecule has 9 heteroatoms. The van der Waals surface area contributed by atoms with Crippen LogP contribution in [0.15, 0.2) is 83.5 Å². The third-order valence-electron chi connectivity index (χ3n) is 6.19. The molecule has 0 bridgehead atoms. The molecule has 0 radical (unpaired) electrons. The molecule has 0 aromatic heterocycles. The number of nitrogens with zero attached hydrogens (tertiary/aromatic N) is 1. The first-order valence-corrected chi connectivity index (χ1v) is 11.9. The summed E-state index contributed by atoms with van der Waals surface area (Å²) in [4.78, 5) is 15.3. The highest BCUT2D eigenvalue weighted by Gasteiger charge is 2.60. The first kappa shape index (κ1) is 21.0. The van der Waals surface area contributed by atoms with Gasteiger partial charge in [0.1, 0.15) is 17.4 Å². The number of para-hydroxylation sites is 2. The first-order valence-electron chi connectivity index (χ1n) is 10.6. The van der Waals surface area contributed by atoms with Gasteiger partial charge in [0.2, 0.25) is 4.87 Å². The molecule has 3 heterocycles. The largest absolute Gasteiger partial charge is 0.497 e. The summed E-state index contributed by atoms with van der Waals surface area (Å²) in [5, 5.41) is 9.84. The molecular formula is C25H19FN4O2S2. The van der Waals surface area contributed by atoms with Gasteiger partial charge < -0.3 is 20.7 Å². The summed E-state index contributed by atoms with van der Waals surface area (Å²) in [5.74, 6) is 0.676. The van der Waals surface area contributed by atoms with Gasteiger partial charge in [0.05, 0.1) is 23.7 Å². The molecule has 1 spiro atoms. The molecule has 3 N–H and O–H groups in total. The number of hydrogen-bond donors (Lipinski definition) is 3. The monoisotopic (exact) mass is 490 g/mol. The minimum atomic E-state index is -1.23. The maximum absolute atomic E-state index is 14.8. The molecule has 0 saturated heterocycles. The molecule has 3 aliphatic heterocycles. The number of carbonyl (C=O) groups excluding carboxylic acids is 1. The average molecular weight is 491 g/mol. The van der Waals surface area contributed by atoms with Crippen LogP contribution in [0.2, 0.25) is 0 Å². The molecule has 2 atom stereocenters. The predicted molar refractivity (Wildman–Crippen MR) is 135 cm³/mol.